The smallest absolute Gasteiger partial charge is 0.253 e. The summed E-state index contributed by atoms with van der Waals surface area (Å²) in [6, 6.07) is 22.4. The van der Waals surface area contributed by atoms with E-state index in [1.165, 1.54) is 12.1 Å². The van der Waals surface area contributed by atoms with Gasteiger partial charge < -0.3 is 15.0 Å². The Kier molecular flexibility index (Phi) is 6.80. The van der Waals surface area contributed by atoms with Crippen molar-refractivity contribution in [3.05, 3.63) is 101 Å². The Balaban J connectivity index is 1.29. The number of nitrogens with zero attached hydrogens (tertiary/aromatic N) is 1. The van der Waals surface area contributed by atoms with Crippen molar-refractivity contribution in [2.24, 2.45) is 0 Å². The average Bonchev–Trinajstić information content (AvgIpc) is 2.84. The van der Waals surface area contributed by atoms with Gasteiger partial charge in [0.15, 0.2) is 0 Å². The van der Waals surface area contributed by atoms with Crippen molar-refractivity contribution in [1.29, 1.82) is 0 Å². The van der Waals surface area contributed by atoms with E-state index in [1.54, 1.807) is 48.5 Å². The molecule has 0 bridgehead atoms. The lowest BCUT2D eigenvalue weighted by Crippen LogP contribution is -2.46. The molecule has 6 heteroatoms. The number of benzene rings is 3. The minimum Gasteiger partial charge on any atom is -0.489 e. The second-order valence-electron chi connectivity index (χ2n) is 7.85. The van der Waals surface area contributed by atoms with Gasteiger partial charge in [-0.2, -0.15) is 0 Å². The maximum absolute atomic E-state index is 13.0. The molecule has 1 saturated heterocycles. The molecule has 0 unspecified atom stereocenters. The van der Waals surface area contributed by atoms with Crippen molar-refractivity contribution in [1.82, 2.24) is 10.2 Å². The summed E-state index contributed by atoms with van der Waals surface area (Å²) in [6.45, 7) is 1.46. The highest BCUT2D eigenvalue weighted by Gasteiger charge is 2.25. The Bertz CT molecular complexity index is 1060. The molecule has 0 radical (unpaired) electrons. The van der Waals surface area contributed by atoms with Crippen molar-refractivity contribution in [3.8, 4) is 5.75 Å². The molecular weight excluding hydrogens is 407 g/mol. The van der Waals surface area contributed by atoms with E-state index in [2.05, 4.69) is 5.32 Å². The van der Waals surface area contributed by atoms with E-state index in [4.69, 9.17) is 4.74 Å². The van der Waals surface area contributed by atoms with Crippen molar-refractivity contribution in [2.45, 2.75) is 25.5 Å². The predicted octanol–water partition coefficient (Wildman–Crippen LogP) is 4.44. The van der Waals surface area contributed by atoms with E-state index in [1.807, 2.05) is 23.1 Å². The largest absolute Gasteiger partial charge is 0.489 e. The zero-order valence-electron chi connectivity index (χ0n) is 17.7. The van der Waals surface area contributed by atoms with E-state index in [0.717, 1.165) is 5.56 Å². The van der Waals surface area contributed by atoms with Crippen LogP contribution in [-0.4, -0.2) is 35.8 Å². The summed E-state index contributed by atoms with van der Waals surface area (Å²) in [4.78, 5) is 27.1. The highest BCUT2D eigenvalue weighted by molar-refractivity contribution is 5.95. The van der Waals surface area contributed by atoms with E-state index in [9.17, 15) is 14.0 Å². The predicted molar refractivity (Wildman–Crippen MR) is 120 cm³/mol. The number of halogens is 1. The standard InChI is InChI=1S/C26H25FN2O3/c27-22-11-9-19(10-12-22)18-32-24-8-4-7-21(17-24)26(31)29-15-13-23(14-16-29)28-25(30)20-5-2-1-3-6-20/h1-12,17,23H,13-16,18H2,(H,28,30). The third kappa shape index (κ3) is 5.52. The first-order valence-corrected chi connectivity index (χ1v) is 10.7. The van der Waals surface area contributed by atoms with Crippen LogP contribution in [0.15, 0.2) is 78.9 Å². The molecule has 1 N–H and O–H groups in total. The second-order valence-corrected chi connectivity index (χ2v) is 7.85. The van der Waals surface area contributed by atoms with Gasteiger partial charge in [-0.25, -0.2) is 4.39 Å². The third-order valence-corrected chi connectivity index (χ3v) is 5.55. The van der Waals surface area contributed by atoms with Gasteiger partial charge >= 0.3 is 0 Å². The summed E-state index contributed by atoms with van der Waals surface area (Å²) >= 11 is 0. The van der Waals surface area contributed by atoms with Crippen molar-refractivity contribution >= 4 is 11.8 Å². The first-order chi connectivity index (χ1) is 15.6. The molecule has 1 aliphatic heterocycles. The summed E-state index contributed by atoms with van der Waals surface area (Å²) in [6.07, 6.45) is 1.43. The van der Waals surface area contributed by atoms with Crippen LogP contribution >= 0.6 is 0 Å². The fourth-order valence-corrected chi connectivity index (χ4v) is 3.73. The zero-order chi connectivity index (χ0) is 22.3. The SMILES string of the molecule is O=C(NC1CCN(C(=O)c2cccc(OCc3ccc(F)cc3)c2)CC1)c1ccccc1. The van der Waals surface area contributed by atoms with Crippen molar-refractivity contribution < 1.29 is 18.7 Å². The summed E-state index contributed by atoms with van der Waals surface area (Å²) < 4.78 is 18.8. The fourth-order valence-electron chi connectivity index (χ4n) is 3.73. The van der Waals surface area contributed by atoms with Gasteiger partial charge in [-0.3, -0.25) is 9.59 Å². The van der Waals surface area contributed by atoms with E-state index in [-0.39, 0.29) is 23.7 Å². The van der Waals surface area contributed by atoms with Crippen LogP contribution in [0.5, 0.6) is 5.75 Å². The molecule has 0 aliphatic carbocycles. The van der Waals surface area contributed by atoms with Crippen molar-refractivity contribution in [3.63, 3.8) is 0 Å². The van der Waals surface area contributed by atoms with Crippen LogP contribution in [-0.2, 0) is 6.61 Å². The highest BCUT2D eigenvalue weighted by atomic mass is 19.1. The lowest BCUT2D eigenvalue weighted by molar-refractivity contribution is 0.0697. The summed E-state index contributed by atoms with van der Waals surface area (Å²) in [5.41, 5.74) is 2.06. The molecule has 5 nitrogen and oxygen atoms in total. The zero-order valence-corrected chi connectivity index (χ0v) is 17.7. The molecule has 32 heavy (non-hydrogen) atoms. The van der Waals surface area contributed by atoms with Gasteiger partial charge in [-0.1, -0.05) is 36.4 Å². The molecule has 0 atom stereocenters. The number of hydrogen-bond acceptors (Lipinski definition) is 3. The van der Waals surface area contributed by atoms with Crippen LogP contribution in [0.3, 0.4) is 0 Å². The Labute approximate surface area is 186 Å². The van der Waals surface area contributed by atoms with Gasteiger partial charge in [0, 0.05) is 30.3 Å². The molecule has 1 heterocycles. The number of carbonyl (C=O) groups excluding carboxylic acids is 2. The summed E-state index contributed by atoms with van der Waals surface area (Å²) in [5, 5.41) is 3.06. The first kappa shape index (κ1) is 21.6. The third-order valence-electron chi connectivity index (χ3n) is 5.55. The lowest BCUT2D eigenvalue weighted by Gasteiger charge is -2.32. The minimum atomic E-state index is -0.287. The molecule has 1 aliphatic rings. The maximum Gasteiger partial charge on any atom is 0.253 e. The Morgan fingerprint density at radius 1 is 0.906 bits per heavy atom. The molecule has 3 aromatic carbocycles. The summed E-state index contributed by atoms with van der Waals surface area (Å²) in [7, 11) is 0. The number of carbonyl (C=O) groups is 2. The normalized spacial score (nSPS) is 14.1. The molecule has 0 saturated carbocycles. The summed E-state index contributed by atoms with van der Waals surface area (Å²) in [5.74, 6) is 0.168. The molecule has 3 aromatic rings. The first-order valence-electron chi connectivity index (χ1n) is 10.7. The van der Waals surface area contributed by atoms with Crippen LogP contribution in [0.1, 0.15) is 39.1 Å². The van der Waals surface area contributed by atoms with Gasteiger partial charge in [0.2, 0.25) is 0 Å². The maximum atomic E-state index is 13.0. The molecule has 0 spiro atoms. The average molecular weight is 432 g/mol. The molecule has 4 rings (SSSR count). The number of nitrogens with one attached hydrogen (secondary N) is 1. The van der Waals surface area contributed by atoms with Crippen LogP contribution in [0.4, 0.5) is 4.39 Å². The molecule has 0 aromatic heterocycles. The quantitative estimate of drug-likeness (QED) is 0.627. The van der Waals surface area contributed by atoms with Gasteiger partial charge in [-0.15, -0.1) is 0 Å². The Morgan fingerprint density at radius 2 is 1.59 bits per heavy atom. The second kappa shape index (κ2) is 10.1. The fraction of sp³-hybridized carbons (Fsp3) is 0.231. The van der Waals surface area contributed by atoms with E-state index < -0.39 is 0 Å². The van der Waals surface area contributed by atoms with Crippen LogP contribution in [0.2, 0.25) is 0 Å². The van der Waals surface area contributed by atoms with Gasteiger partial charge in [0.25, 0.3) is 11.8 Å². The number of piperidine rings is 1. The molecule has 2 amide bonds. The van der Waals surface area contributed by atoms with Gasteiger partial charge in [0.1, 0.15) is 18.2 Å². The van der Waals surface area contributed by atoms with Crippen LogP contribution in [0.25, 0.3) is 0 Å². The van der Waals surface area contributed by atoms with E-state index >= 15 is 0 Å². The topological polar surface area (TPSA) is 58.6 Å². The van der Waals surface area contributed by atoms with Gasteiger partial charge in [0.05, 0.1) is 0 Å². The van der Waals surface area contributed by atoms with E-state index in [0.29, 0.717) is 49.4 Å². The number of amides is 2. The number of ether oxygens (including phenoxy) is 1. The molecule has 1 fully saturated rings. The van der Waals surface area contributed by atoms with Crippen molar-refractivity contribution in [2.75, 3.05) is 13.1 Å². The Hall–Kier alpha value is -3.67. The van der Waals surface area contributed by atoms with Gasteiger partial charge in [-0.05, 0) is 60.9 Å². The van der Waals surface area contributed by atoms with Crippen LogP contribution in [0, 0.1) is 5.82 Å². The number of hydrogen-bond donors (Lipinski definition) is 1. The highest BCUT2D eigenvalue weighted by Crippen LogP contribution is 2.19. The van der Waals surface area contributed by atoms with Crippen LogP contribution < -0.4 is 10.1 Å². The Morgan fingerprint density at radius 3 is 2.31 bits per heavy atom. The lowest BCUT2D eigenvalue weighted by atomic mass is 10.0. The minimum absolute atomic E-state index is 0.0509. The number of rotatable bonds is 6. The number of likely N-dealkylation sites (tertiary alicyclic amines) is 1. The molecule has 164 valence electrons. The molecular formula is C26H25FN2O3. The monoisotopic (exact) mass is 432 g/mol.